The maximum absolute atomic E-state index is 12.4. The molecule has 0 aromatic heterocycles. The van der Waals surface area contributed by atoms with Crippen LogP contribution in [0, 0.1) is 0 Å². The van der Waals surface area contributed by atoms with Crippen LogP contribution >= 0.6 is 12.2 Å². The minimum Gasteiger partial charge on any atom is -0.490 e. The van der Waals surface area contributed by atoms with Crippen LogP contribution in [0.5, 0.6) is 11.5 Å². The molecule has 1 aromatic carbocycles. The first kappa shape index (κ1) is 21.1. The number of likely N-dealkylation sites (N-methyl/N-ethyl adjacent to an activating group) is 1. The van der Waals surface area contributed by atoms with Crippen molar-refractivity contribution in [1.29, 1.82) is 0 Å². The van der Waals surface area contributed by atoms with E-state index in [2.05, 4.69) is 11.9 Å². The van der Waals surface area contributed by atoms with Gasteiger partial charge in [0.15, 0.2) is 23.2 Å². The Hall–Kier alpha value is -3.20. The second-order valence-electron chi connectivity index (χ2n) is 5.80. The van der Waals surface area contributed by atoms with Gasteiger partial charge in [-0.3, -0.25) is 19.8 Å². The molecule has 148 valence electrons. The van der Waals surface area contributed by atoms with E-state index in [9.17, 15) is 14.4 Å². The Bertz CT molecular complexity index is 877. The third kappa shape index (κ3) is 4.74. The molecule has 9 heteroatoms. The van der Waals surface area contributed by atoms with Crippen molar-refractivity contribution in [2.45, 2.75) is 13.3 Å². The number of ether oxygens (including phenoxy) is 2. The van der Waals surface area contributed by atoms with Crippen LogP contribution in [0.25, 0.3) is 6.08 Å². The lowest BCUT2D eigenvalue weighted by molar-refractivity contribution is -0.139. The number of carboxylic acids is 1. The number of thiocarbonyl (C=S) groups is 1. The molecule has 0 saturated carbocycles. The SMILES string of the molecule is C=CCc1cc(/C=C2/C(=O)NC(=S)N(C)C2=O)cc(OCC)c1OCC(=O)O. The summed E-state index contributed by atoms with van der Waals surface area (Å²) < 4.78 is 11.0. The third-order valence-electron chi connectivity index (χ3n) is 3.77. The van der Waals surface area contributed by atoms with Crippen LogP contribution in [0.3, 0.4) is 0 Å². The van der Waals surface area contributed by atoms with Crippen molar-refractivity contribution in [3.8, 4) is 11.5 Å². The first-order chi connectivity index (χ1) is 13.3. The molecule has 2 amide bonds. The highest BCUT2D eigenvalue weighted by atomic mass is 32.1. The topological polar surface area (TPSA) is 105 Å². The molecule has 0 radical (unpaired) electrons. The summed E-state index contributed by atoms with van der Waals surface area (Å²) in [6.45, 7) is 5.24. The number of aliphatic carboxylic acids is 1. The van der Waals surface area contributed by atoms with Crippen LogP contribution in [-0.2, 0) is 20.8 Å². The number of amides is 2. The number of carbonyl (C=O) groups is 3. The van der Waals surface area contributed by atoms with E-state index in [1.807, 2.05) is 0 Å². The van der Waals surface area contributed by atoms with E-state index in [-0.39, 0.29) is 16.4 Å². The fraction of sp³-hybridized carbons (Fsp3) is 0.263. The molecule has 8 nitrogen and oxygen atoms in total. The summed E-state index contributed by atoms with van der Waals surface area (Å²) in [4.78, 5) is 36.6. The van der Waals surface area contributed by atoms with Crippen molar-refractivity contribution < 1.29 is 29.0 Å². The second kappa shape index (κ2) is 9.14. The Labute approximate surface area is 167 Å². The lowest BCUT2D eigenvalue weighted by Crippen LogP contribution is -2.52. The molecule has 1 aliphatic heterocycles. The van der Waals surface area contributed by atoms with Gasteiger partial charge in [-0.05, 0) is 49.3 Å². The van der Waals surface area contributed by atoms with E-state index in [0.29, 0.717) is 29.9 Å². The molecule has 1 heterocycles. The highest BCUT2D eigenvalue weighted by Crippen LogP contribution is 2.35. The summed E-state index contributed by atoms with van der Waals surface area (Å²) in [5, 5.41) is 11.4. The van der Waals surface area contributed by atoms with Gasteiger partial charge in [0.2, 0.25) is 0 Å². The van der Waals surface area contributed by atoms with Gasteiger partial charge in [-0.25, -0.2) is 4.79 Å². The summed E-state index contributed by atoms with van der Waals surface area (Å²) in [5.74, 6) is -1.65. The highest BCUT2D eigenvalue weighted by Gasteiger charge is 2.31. The first-order valence-electron chi connectivity index (χ1n) is 8.38. The van der Waals surface area contributed by atoms with Crippen LogP contribution in [0.15, 0.2) is 30.4 Å². The minimum absolute atomic E-state index is 0.0342. The van der Waals surface area contributed by atoms with Gasteiger partial charge in [0.05, 0.1) is 6.61 Å². The predicted octanol–water partition coefficient (Wildman–Crippen LogP) is 1.53. The fourth-order valence-electron chi connectivity index (χ4n) is 2.55. The Morgan fingerprint density at radius 3 is 2.68 bits per heavy atom. The van der Waals surface area contributed by atoms with Crippen LogP contribution < -0.4 is 14.8 Å². The summed E-state index contributed by atoms with van der Waals surface area (Å²) >= 11 is 4.93. The number of hydrogen-bond donors (Lipinski definition) is 2. The summed E-state index contributed by atoms with van der Waals surface area (Å²) in [7, 11) is 1.47. The van der Waals surface area contributed by atoms with E-state index < -0.39 is 24.4 Å². The Balaban J connectivity index is 2.53. The van der Waals surface area contributed by atoms with Crippen molar-refractivity contribution in [1.82, 2.24) is 10.2 Å². The molecule has 1 aromatic rings. The summed E-state index contributed by atoms with van der Waals surface area (Å²) in [5.41, 5.74) is 1.05. The van der Waals surface area contributed by atoms with E-state index in [0.717, 1.165) is 0 Å². The van der Waals surface area contributed by atoms with Crippen molar-refractivity contribution >= 4 is 41.2 Å². The number of nitrogens with one attached hydrogen (secondary N) is 1. The van der Waals surface area contributed by atoms with Gasteiger partial charge in [-0.1, -0.05) is 6.08 Å². The van der Waals surface area contributed by atoms with Gasteiger partial charge in [-0.2, -0.15) is 0 Å². The van der Waals surface area contributed by atoms with E-state index >= 15 is 0 Å². The van der Waals surface area contributed by atoms with Crippen LogP contribution in [0.1, 0.15) is 18.1 Å². The molecule has 0 bridgehead atoms. The molecular formula is C19H20N2O6S. The van der Waals surface area contributed by atoms with Gasteiger partial charge < -0.3 is 14.6 Å². The number of hydrogen-bond acceptors (Lipinski definition) is 6. The maximum Gasteiger partial charge on any atom is 0.341 e. The molecule has 0 atom stereocenters. The molecule has 0 spiro atoms. The van der Waals surface area contributed by atoms with Crippen molar-refractivity contribution in [3.63, 3.8) is 0 Å². The predicted molar refractivity (Wildman–Crippen MR) is 106 cm³/mol. The zero-order chi connectivity index (χ0) is 20.8. The smallest absolute Gasteiger partial charge is 0.341 e. The average Bonchev–Trinajstić information content (AvgIpc) is 2.63. The minimum atomic E-state index is -1.12. The van der Waals surface area contributed by atoms with E-state index in [1.54, 1.807) is 25.1 Å². The Morgan fingerprint density at radius 2 is 2.07 bits per heavy atom. The van der Waals surface area contributed by atoms with Gasteiger partial charge in [0.1, 0.15) is 5.57 Å². The fourth-order valence-corrected chi connectivity index (χ4v) is 2.72. The summed E-state index contributed by atoms with van der Waals surface area (Å²) in [6.07, 6.45) is 3.42. The van der Waals surface area contributed by atoms with E-state index in [4.69, 9.17) is 26.8 Å². The zero-order valence-electron chi connectivity index (χ0n) is 15.5. The normalized spacial score (nSPS) is 15.4. The number of benzene rings is 1. The van der Waals surface area contributed by atoms with E-state index in [1.165, 1.54) is 18.0 Å². The van der Waals surface area contributed by atoms with Gasteiger partial charge in [0, 0.05) is 12.6 Å². The van der Waals surface area contributed by atoms with Crippen molar-refractivity contribution in [2.24, 2.45) is 0 Å². The quantitative estimate of drug-likeness (QED) is 0.293. The molecule has 28 heavy (non-hydrogen) atoms. The monoisotopic (exact) mass is 404 g/mol. The number of rotatable bonds is 8. The molecular weight excluding hydrogens is 384 g/mol. The first-order valence-corrected chi connectivity index (χ1v) is 8.79. The Morgan fingerprint density at radius 1 is 1.36 bits per heavy atom. The third-order valence-corrected chi connectivity index (χ3v) is 4.15. The molecule has 2 rings (SSSR count). The standard InChI is InChI=1S/C19H20N2O6S/c1-4-6-12-7-11(8-13-17(24)20-19(28)21(3)18(13)25)9-14(26-5-2)16(12)27-10-15(22)23/h4,7-9H,1,5-6,10H2,2-3H3,(H,22,23)(H,20,24,28)/b13-8-. The number of carboxylic acid groups (broad SMARTS) is 1. The molecule has 0 aliphatic carbocycles. The lowest BCUT2D eigenvalue weighted by atomic mass is 10.0. The Kier molecular flexibility index (Phi) is 6.89. The van der Waals surface area contributed by atoms with Crippen LogP contribution in [-0.4, -0.2) is 53.2 Å². The zero-order valence-corrected chi connectivity index (χ0v) is 16.3. The highest BCUT2D eigenvalue weighted by molar-refractivity contribution is 7.80. The number of allylic oxidation sites excluding steroid dienone is 1. The lowest BCUT2D eigenvalue weighted by Gasteiger charge is -2.25. The van der Waals surface area contributed by atoms with Crippen molar-refractivity contribution in [2.75, 3.05) is 20.3 Å². The summed E-state index contributed by atoms with van der Waals surface area (Å²) in [6, 6.07) is 3.26. The molecule has 0 unspecified atom stereocenters. The number of carbonyl (C=O) groups excluding carboxylic acids is 2. The van der Waals surface area contributed by atoms with Gasteiger partial charge in [0.25, 0.3) is 11.8 Å². The van der Waals surface area contributed by atoms with Crippen LogP contribution in [0.2, 0.25) is 0 Å². The largest absolute Gasteiger partial charge is 0.490 e. The maximum atomic E-state index is 12.4. The molecule has 1 aliphatic rings. The average molecular weight is 404 g/mol. The molecule has 1 fully saturated rings. The molecule has 2 N–H and O–H groups in total. The van der Waals surface area contributed by atoms with Crippen molar-refractivity contribution in [3.05, 3.63) is 41.5 Å². The number of nitrogens with zero attached hydrogens (tertiary/aromatic N) is 1. The second-order valence-corrected chi connectivity index (χ2v) is 6.18. The molecule has 1 saturated heterocycles. The van der Waals surface area contributed by atoms with Gasteiger partial charge >= 0.3 is 5.97 Å². The van der Waals surface area contributed by atoms with Gasteiger partial charge in [-0.15, -0.1) is 6.58 Å². The van der Waals surface area contributed by atoms with Crippen LogP contribution in [0.4, 0.5) is 0 Å².